The number of aromatic nitrogens is 1. The quantitative estimate of drug-likeness (QED) is 0.700. The number of methoxy groups -OCH3 is 2. The summed E-state index contributed by atoms with van der Waals surface area (Å²) in [4.78, 5) is 16.2. The van der Waals surface area contributed by atoms with Gasteiger partial charge in [0.15, 0.2) is 5.78 Å². The summed E-state index contributed by atoms with van der Waals surface area (Å²) in [6.45, 7) is 2.34. The van der Waals surface area contributed by atoms with Crippen LogP contribution in [0.1, 0.15) is 27.3 Å². The predicted octanol–water partition coefficient (Wildman–Crippen LogP) is 1.64. The van der Waals surface area contributed by atoms with E-state index in [0.29, 0.717) is 23.8 Å². The van der Waals surface area contributed by atoms with Gasteiger partial charge in [-0.25, -0.2) is 4.98 Å². The van der Waals surface area contributed by atoms with Crippen molar-refractivity contribution in [2.45, 2.75) is 20.1 Å². The predicted molar refractivity (Wildman–Crippen MR) is 53.5 cm³/mol. The van der Waals surface area contributed by atoms with Crippen molar-refractivity contribution in [3.8, 4) is 0 Å². The molecular formula is C9H13NO3S. The van der Waals surface area contributed by atoms with Gasteiger partial charge in [0.1, 0.15) is 5.01 Å². The Hall–Kier alpha value is -0.780. The molecule has 0 saturated heterocycles. The van der Waals surface area contributed by atoms with E-state index < -0.39 is 0 Å². The van der Waals surface area contributed by atoms with Gasteiger partial charge in [-0.3, -0.25) is 4.79 Å². The fourth-order valence-corrected chi connectivity index (χ4v) is 2.03. The van der Waals surface area contributed by atoms with Gasteiger partial charge in [0.05, 0.1) is 23.8 Å². The van der Waals surface area contributed by atoms with Crippen LogP contribution in [0.25, 0.3) is 0 Å². The topological polar surface area (TPSA) is 48.4 Å². The lowest BCUT2D eigenvalue weighted by Gasteiger charge is -1.95. The van der Waals surface area contributed by atoms with Crippen LogP contribution >= 0.6 is 11.3 Å². The summed E-state index contributed by atoms with van der Waals surface area (Å²) >= 11 is 1.37. The third kappa shape index (κ3) is 2.60. The molecule has 0 aromatic carbocycles. The number of carbonyl (C=O) groups excluding carboxylic acids is 1. The molecule has 0 unspecified atom stereocenters. The van der Waals surface area contributed by atoms with E-state index >= 15 is 0 Å². The molecular weight excluding hydrogens is 202 g/mol. The molecule has 1 rings (SSSR count). The van der Waals surface area contributed by atoms with Crippen LogP contribution in [0.3, 0.4) is 0 Å². The fourth-order valence-electron chi connectivity index (χ4n) is 1.10. The molecule has 4 nitrogen and oxygen atoms in total. The molecule has 0 radical (unpaired) electrons. The smallest absolute Gasteiger partial charge is 0.171 e. The van der Waals surface area contributed by atoms with E-state index in [-0.39, 0.29) is 5.78 Å². The molecule has 0 bridgehead atoms. The Morgan fingerprint density at radius 2 is 2.00 bits per heavy atom. The average molecular weight is 215 g/mol. The number of rotatable bonds is 5. The van der Waals surface area contributed by atoms with Crippen molar-refractivity contribution in [3.63, 3.8) is 0 Å². The first kappa shape index (κ1) is 11.3. The van der Waals surface area contributed by atoms with Gasteiger partial charge in [-0.05, 0) is 0 Å². The molecule has 0 aliphatic carbocycles. The van der Waals surface area contributed by atoms with E-state index in [2.05, 4.69) is 4.98 Å². The van der Waals surface area contributed by atoms with Crippen molar-refractivity contribution in [2.75, 3.05) is 14.2 Å². The third-order valence-corrected chi connectivity index (χ3v) is 2.78. The number of ether oxygens (including phenoxy) is 2. The highest BCUT2D eigenvalue weighted by Crippen LogP contribution is 2.20. The Morgan fingerprint density at radius 1 is 1.36 bits per heavy atom. The Balaban J connectivity index is 2.93. The van der Waals surface area contributed by atoms with Gasteiger partial charge in [-0.2, -0.15) is 0 Å². The normalized spacial score (nSPS) is 10.5. The van der Waals surface area contributed by atoms with Crippen molar-refractivity contribution >= 4 is 17.1 Å². The molecule has 1 aromatic rings. The zero-order valence-electron chi connectivity index (χ0n) is 8.49. The van der Waals surface area contributed by atoms with E-state index in [1.807, 2.05) is 0 Å². The second-order valence-corrected chi connectivity index (χ2v) is 3.89. The lowest BCUT2D eigenvalue weighted by molar-refractivity contribution is 0.101. The molecule has 1 heterocycles. The molecule has 0 fully saturated rings. The highest BCUT2D eigenvalue weighted by molar-refractivity contribution is 7.13. The zero-order valence-corrected chi connectivity index (χ0v) is 9.31. The minimum Gasteiger partial charge on any atom is -0.378 e. The average Bonchev–Trinajstić information content (AvgIpc) is 2.49. The van der Waals surface area contributed by atoms with E-state index in [4.69, 9.17) is 9.47 Å². The SMILES string of the molecule is COCc1nc(COC)c(C(C)=O)s1. The molecule has 0 atom stereocenters. The summed E-state index contributed by atoms with van der Waals surface area (Å²) < 4.78 is 9.91. The number of carbonyl (C=O) groups is 1. The maximum atomic E-state index is 11.2. The fraction of sp³-hybridized carbons (Fsp3) is 0.556. The first-order valence-electron chi connectivity index (χ1n) is 4.16. The number of Topliss-reactive ketones (excluding diaryl/α,β-unsaturated/α-hetero) is 1. The summed E-state index contributed by atoms with van der Waals surface area (Å²) in [6, 6.07) is 0. The summed E-state index contributed by atoms with van der Waals surface area (Å²) in [6.07, 6.45) is 0. The second kappa shape index (κ2) is 5.19. The minimum atomic E-state index is 0.0249. The van der Waals surface area contributed by atoms with Gasteiger partial charge in [0.25, 0.3) is 0 Å². The van der Waals surface area contributed by atoms with Crippen LogP contribution in [0.15, 0.2) is 0 Å². The monoisotopic (exact) mass is 215 g/mol. The molecule has 0 saturated carbocycles. The van der Waals surface area contributed by atoms with Gasteiger partial charge >= 0.3 is 0 Å². The van der Waals surface area contributed by atoms with Crippen molar-refractivity contribution in [2.24, 2.45) is 0 Å². The third-order valence-electron chi connectivity index (χ3n) is 1.61. The van der Waals surface area contributed by atoms with Gasteiger partial charge in [-0.15, -0.1) is 11.3 Å². The number of nitrogens with zero attached hydrogens (tertiary/aromatic N) is 1. The van der Waals surface area contributed by atoms with Crippen molar-refractivity contribution < 1.29 is 14.3 Å². The van der Waals surface area contributed by atoms with Crippen LogP contribution in [0.4, 0.5) is 0 Å². The second-order valence-electron chi connectivity index (χ2n) is 2.81. The summed E-state index contributed by atoms with van der Waals surface area (Å²) in [5, 5.41) is 0.810. The van der Waals surface area contributed by atoms with Crippen molar-refractivity contribution in [1.82, 2.24) is 4.98 Å². The number of hydrogen-bond acceptors (Lipinski definition) is 5. The summed E-state index contributed by atoms with van der Waals surface area (Å²) in [5.41, 5.74) is 0.706. The van der Waals surface area contributed by atoms with Gasteiger partial charge in [-0.1, -0.05) is 0 Å². The molecule has 14 heavy (non-hydrogen) atoms. The van der Waals surface area contributed by atoms with Crippen LogP contribution in [0.2, 0.25) is 0 Å². The Bertz CT molecular complexity index is 322. The molecule has 78 valence electrons. The largest absolute Gasteiger partial charge is 0.378 e. The molecule has 0 aliphatic heterocycles. The van der Waals surface area contributed by atoms with Crippen LogP contribution < -0.4 is 0 Å². The van der Waals surface area contributed by atoms with E-state index in [1.165, 1.54) is 18.3 Å². The van der Waals surface area contributed by atoms with Crippen LogP contribution in [0, 0.1) is 0 Å². The van der Waals surface area contributed by atoms with Crippen molar-refractivity contribution in [1.29, 1.82) is 0 Å². The standard InChI is InChI=1S/C9H13NO3S/c1-6(11)9-7(4-12-2)10-8(14-9)5-13-3/h4-5H2,1-3H3. The summed E-state index contributed by atoms with van der Waals surface area (Å²) in [5.74, 6) is 0.0249. The number of thiazole rings is 1. The molecule has 1 aromatic heterocycles. The highest BCUT2D eigenvalue weighted by atomic mass is 32.1. The lowest BCUT2D eigenvalue weighted by atomic mass is 10.3. The first-order chi connectivity index (χ1) is 6.69. The van der Waals surface area contributed by atoms with E-state index in [1.54, 1.807) is 14.2 Å². The Morgan fingerprint density at radius 3 is 2.50 bits per heavy atom. The number of ketones is 1. The number of hydrogen-bond donors (Lipinski definition) is 0. The highest BCUT2D eigenvalue weighted by Gasteiger charge is 2.14. The molecule has 0 spiro atoms. The first-order valence-corrected chi connectivity index (χ1v) is 4.98. The van der Waals surface area contributed by atoms with Crippen LogP contribution in [0.5, 0.6) is 0 Å². The molecule has 5 heteroatoms. The van der Waals surface area contributed by atoms with Crippen LogP contribution in [-0.4, -0.2) is 25.0 Å². The molecule has 0 amide bonds. The van der Waals surface area contributed by atoms with Crippen molar-refractivity contribution in [3.05, 3.63) is 15.6 Å². The Labute approximate surface area is 86.9 Å². The minimum absolute atomic E-state index is 0.0249. The Kier molecular flexibility index (Phi) is 4.19. The van der Waals surface area contributed by atoms with Gasteiger partial charge < -0.3 is 9.47 Å². The van der Waals surface area contributed by atoms with E-state index in [0.717, 1.165) is 5.01 Å². The maximum Gasteiger partial charge on any atom is 0.171 e. The zero-order chi connectivity index (χ0) is 10.6. The van der Waals surface area contributed by atoms with E-state index in [9.17, 15) is 4.79 Å². The molecule has 0 aliphatic rings. The maximum absolute atomic E-state index is 11.2. The molecule has 0 N–H and O–H groups in total. The van der Waals surface area contributed by atoms with Gasteiger partial charge in [0, 0.05) is 21.1 Å². The lowest BCUT2D eigenvalue weighted by Crippen LogP contribution is -1.97. The summed E-state index contributed by atoms with van der Waals surface area (Å²) in [7, 11) is 3.18. The van der Waals surface area contributed by atoms with Gasteiger partial charge in [0.2, 0.25) is 0 Å². The van der Waals surface area contributed by atoms with Crippen LogP contribution in [-0.2, 0) is 22.7 Å².